The Morgan fingerprint density at radius 1 is 1.22 bits per heavy atom. The maximum atomic E-state index is 11.8. The molecule has 0 aliphatic rings. The van der Waals surface area contributed by atoms with Gasteiger partial charge in [0.25, 0.3) is 0 Å². The van der Waals surface area contributed by atoms with Crippen molar-refractivity contribution in [3.63, 3.8) is 0 Å². The second-order valence-electron chi connectivity index (χ2n) is 4.17. The van der Waals surface area contributed by atoms with E-state index in [0.717, 1.165) is 0 Å². The SMILES string of the molecule is CC(=O)NC(C)C(=O)Nc1ccccc1C(C)O. The van der Waals surface area contributed by atoms with E-state index in [0.29, 0.717) is 11.3 Å². The Bertz CT molecular complexity index is 444. The maximum absolute atomic E-state index is 11.8. The molecule has 0 radical (unpaired) electrons. The van der Waals surface area contributed by atoms with E-state index < -0.39 is 12.1 Å². The van der Waals surface area contributed by atoms with Crippen LogP contribution in [0.25, 0.3) is 0 Å². The standard InChI is InChI=1S/C13H18N2O3/c1-8(14-10(3)17)13(18)15-12-7-5-4-6-11(12)9(2)16/h4-9,16H,1-3H3,(H,14,17)(H,15,18). The molecule has 1 rings (SSSR count). The molecule has 0 spiro atoms. The van der Waals surface area contributed by atoms with Crippen LogP contribution in [0.1, 0.15) is 32.4 Å². The average molecular weight is 250 g/mol. The van der Waals surface area contributed by atoms with E-state index in [1.807, 2.05) is 0 Å². The van der Waals surface area contributed by atoms with Crippen molar-refractivity contribution in [3.8, 4) is 0 Å². The monoisotopic (exact) mass is 250 g/mol. The van der Waals surface area contributed by atoms with Crippen LogP contribution in [-0.4, -0.2) is 23.0 Å². The van der Waals surface area contributed by atoms with Crippen molar-refractivity contribution in [2.24, 2.45) is 0 Å². The second-order valence-corrected chi connectivity index (χ2v) is 4.17. The lowest BCUT2D eigenvalue weighted by molar-refractivity contribution is -0.124. The van der Waals surface area contributed by atoms with E-state index in [-0.39, 0.29) is 11.8 Å². The number of carbonyl (C=O) groups is 2. The third-order valence-electron chi connectivity index (χ3n) is 2.48. The van der Waals surface area contributed by atoms with Gasteiger partial charge < -0.3 is 15.7 Å². The molecule has 18 heavy (non-hydrogen) atoms. The molecule has 2 unspecified atom stereocenters. The van der Waals surface area contributed by atoms with Crippen LogP contribution in [0.5, 0.6) is 0 Å². The fourth-order valence-corrected chi connectivity index (χ4v) is 1.59. The number of rotatable bonds is 4. The highest BCUT2D eigenvalue weighted by atomic mass is 16.3. The van der Waals surface area contributed by atoms with E-state index >= 15 is 0 Å². The number of carbonyl (C=O) groups excluding carboxylic acids is 2. The van der Waals surface area contributed by atoms with Crippen LogP contribution in [0, 0.1) is 0 Å². The van der Waals surface area contributed by atoms with Crippen molar-refractivity contribution in [2.75, 3.05) is 5.32 Å². The molecule has 2 amide bonds. The molecule has 1 aromatic carbocycles. The molecule has 0 saturated heterocycles. The Morgan fingerprint density at radius 3 is 2.39 bits per heavy atom. The van der Waals surface area contributed by atoms with Crippen molar-refractivity contribution >= 4 is 17.5 Å². The van der Waals surface area contributed by atoms with Gasteiger partial charge in [0.05, 0.1) is 6.10 Å². The minimum absolute atomic E-state index is 0.263. The summed E-state index contributed by atoms with van der Waals surface area (Å²) in [5.41, 5.74) is 1.19. The predicted molar refractivity (Wildman–Crippen MR) is 69.0 cm³/mol. The maximum Gasteiger partial charge on any atom is 0.246 e. The summed E-state index contributed by atoms with van der Waals surface area (Å²) in [6, 6.07) is 6.38. The van der Waals surface area contributed by atoms with Gasteiger partial charge in [-0.15, -0.1) is 0 Å². The zero-order valence-electron chi connectivity index (χ0n) is 10.7. The van der Waals surface area contributed by atoms with Crippen LogP contribution in [-0.2, 0) is 9.59 Å². The number of nitrogens with one attached hydrogen (secondary N) is 2. The molecule has 0 bridgehead atoms. The summed E-state index contributed by atoms with van der Waals surface area (Å²) in [5.74, 6) is -0.584. The molecule has 0 heterocycles. The fraction of sp³-hybridized carbons (Fsp3) is 0.385. The molecule has 1 aromatic rings. The first-order valence-corrected chi connectivity index (χ1v) is 5.76. The molecule has 0 aliphatic carbocycles. The zero-order chi connectivity index (χ0) is 13.7. The number of anilines is 1. The molecule has 5 nitrogen and oxygen atoms in total. The van der Waals surface area contributed by atoms with Gasteiger partial charge in [0.2, 0.25) is 11.8 Å². The number of hydrogen-bond donors (Lipinski definition) is 3. The topological polar surface area (TPSA) is 78.4 Å². The van der Waals surface area contributed by atoms with Gasteiger partial charge in [-0.05, 0) is 19.9 Å². The number of amides is 2. The van der Waals surface area contributed by atoms with Gasteiger partial charge in [0, 0.05) is 18.2 Å². The van der Waals surface area contributed by atoms with Crippen LogP contribution >= 0.6 is 0 Å². The third kappa shape index (κ3) is 3.85. The van der Waals surface area contributed by atoms with Crippen LogP contribution in [0.4, 0.5) is 5.69 Å². The smallest absolute Gasteiger partial charge is 0.246 e. The molecule has 0 fully saturated rings. The van der Waals surface area contributed by atoms with Crippen molar-refractivity contribution in [2.45, 2.75) is 32.9 Å². The van der Waals surface area contributed by atoms with Crippen molar-refractivity contribution < 1.29 is 14.7 Å². The summed E-state index contributed by atoms with van der Waals surface area (Å²) in [7, 11) is 0. The Hall–Kier alpha value is -1.88. The minimum Gasteiger partial charge on any atom is -0.389 e. The summed E-state index contributed by atoms with van der Waals surface area (Å²) in [5, 5.41) is 14.8. The van der Waals surface area contributed by atoms with Gasteiger partial charge in [-0.1, -0.05) is 18.2 Å². The van der Waals surface area contributed by atoms with Crippen LogP contribution in [0.3, 0.4) is 0 Å². The van der Waals surface area contributed by atoms with Gasteiger partial charge in [-0.3, -0.25) is 9.59 Å². The van der Waals surface area contributed by atoms with E-state index in [9.17, 15) is 14.7 Å². The summed E-state index contributed by atoms with van der Waals surface area (Å²) in [6.07, 6.45) is -0.669. The second kappa shape index (κ2) is 6.16. The number of benzene rings is 1. The molecule has 0 aliphatic heterocycles. The Labute approximate surface area is 106 Å². The Kier molecular flexibility index (Phi) is 4.85. The minimum atomic E-state index is -0.669. The van der Waals surface area contributed by atoms with Gasteiger partial charge in [-0.25, -0.2) is 0 Å². The van der Waals surface area contributed by atoms with Gasteiger partial charge in [0.15, 0.2) is 0 Å². The normalized spacial score (nSPS) is 13.6. The van der Waals surface area contributed by atoms with Crippen molar-refractivity contribution in [1.29, 1.82) is 0 Å². The largest absolute Gasteiger partial charge is 0.389 e. The summed E-state index contributed by atoms with van der Waals surface area (Å²) in [4.78, 5) is 22.7. The highest BCUT2D eigenvalue weighted by molar-refractivity contribution is 5.97. The lowest BCUT2D eigenvalue weighted by Gasteiger charge is -2.16. The highest BCUT2D eigenvalue weighted by Gasteiger charge is 2.16. The van der Waals surface area contributed by atoms with E-state index in [2.05, 4.69) is 10.6 Å². The third-order valence-corrected chi connectivity index (χ3v) is 2.48. The van der Waals surface area contributed by atoms with E-state index in [4.69, 9.17) is 0 Å². The lowest BCUT2D eigenvalue weighted by Crippen LogP contribution is -2.40. The Balaban J connectivity index is 2.78. The quantitative estimate of drug-likeness (QED) is 0.751. The van der Waals surface area contributed by atoms with Crippen LogP contribution in [0.15, 0.2) is 24.3 Å². The predicted octanol–water partition coefficient (Wildman–Crippen LogP) is 1.20. The molecule has 3 N–H and O–H groups in total. The highest BCUT2D eigenvalue weighted by Crippen LogP contribution is 2.22. The summed E-state index contributed by atoms with van der Waals surface area (Å²) < 4.78 is 0. The van der Waals surface area contributed by atoms with Crippen molar-refractivity contribution in [3.05, 3.63) is 29.8 Å². The molecular weight excluding hydrogens is 232 g/mol. The zero-order valence-corrected chi connectivity index (χ0v) is 10.7. The van der Waals surface area contributed by atoms with Crippen LogP contribution in [0.2, 0.25) is 0 Å². The first kappa shape index (κ1) is 14.2. The van der Waals surface area contributed by atoms with E-state index in [1.165, 1.54) is 6.92 Å². The summed E-state index contributed by atoms with van der Waals surface area (Å²) >= 11 is 0. The van der Waals surface area contributed by atoms with Gasteiger partial charge >= 0.3 is 0 Å². The number of hydrogen-bond acceptors (Lipinski definition) is 3. The fourth-order valence-electron chi connectivity index (χ4n) is 1.59. The molecular formula is C13H18N2O3. The van der Waals surface area contributed by atoms with E-state index in [1.54, 1.807) is 38.1 Å². The number of aliphatic hydroxyl groups excluding tert-OH is 1. The summed E-state index contributed by atoms with van der Waals surface area (Å²) in [6.45, 7) is 4.58. The number of para-hydroxylation sites is 1. The molecule has 0 saturated carbocycles. The lowest BCUT2D eigenvalue weighted by atomic mass is 10.1. The Morgan fingerprint density at radius 2 is 1.83 bits per heavy atom. The first-order valence-electron chi connectivity index (χ1n) is 5.76. The molecule has 0 aromatic heterocycles. The number of aliphatic hydroxyl groups is 1. The molecule has 5 heteroatoms. The van der Waals surface area contributed by atoms with Crippen molar-refractivity contribution in [1.82, 2.24) is 5.32 Å². The molecule has 98 valence electrons. The van der Waals surface area contributed by atoms with Gasteiger partial charge in [0.1, 0.15) is 6.04 Å². The van der Waals surface area contributed by atoms with Crippen LogP contribution < -0.4 is 10.6 Å². The first-order chi connectivity index (χ1) is 8.41. The van der Waals surface area contributed by atoms with Gasteiger partial charge in [-0.2, -0.15) is 0 Å². The molecule has 2 atom stereocenters. The average Bonchev–Trinajstić information content (AvgIpc) is 2.28.